The first-order valence-corrected chi connectivity index (χ1v) is 10.3. The Hall–Kier alpha value is -2.99. The average molecular weight is 428 g/mol. The number of amides is 1. The average Bonchev–Trinajstić information content (AvgIpc) is 3.08. The lowest BCUT2D eigenvalue weighted by molar-refractivity contribution is 0.0938. The number of nitrogens with one attached hydrogen (secondary N) is 1. The van der Waals surface area contributed by atoms with Gasteiger partial charge in [0, 0.05) is 5.02 Å². The Morgan fingerprint density at radius 3 is 2.70 bits per heavy atom. The molecule has 30 heavy (non-hydrogen) atoms. The van der Waals surface area contributed by atoms with Crippen LogP contribution in [0.15, 0.2) is 45.6 Å². The monoisotopic (exact) mass is 427 g/mol. The number of fused-ring (bicyclic) bond motifs is 2. The van der Waals surface area contributed by atoms with Crippen molar-refractivity contribution in [2.75, 3.05) is 13.7 Å². The van der Waals surface area contributed by atoms with Gasteiger partial charge in [0.15, 0.2) is 16.9 Å². The molecule has 1 unspecified atom stereocenters. The summed E-state index contributed by atoms with van der Waals surface area (Å²) in [6.07, 6.45) is 3.17. The summed E-state index contributed by atoms with van der Waals surface area (Å²) < 4.78 is 17.0. The highest BCUT2D eigenvalue weighted by Crippen LogP contribution is 2.36. The molecule has 1 aliphatic rings. The van der Waals surface area contributed by atoms with E-state index in [4.69, 9.17) is 25.5 Å². The molecule has 1 N–H and O–H groups in total. The molecule has 0 saturated heterocycles. The molecule has 0 aliphatic carbocycles. The second kappa shape index (κ2) is 8.40. The summed E-state index contributed by atoms with van der Waals surface area (Å²) in [4.78, 5) is 25.7. The Morgan fingerprint density at radius 2 is 1.93 bits per heavy atom. The molecular formula is C23H22ClNO5. The van der Waals surface area contributed by atoms with Gasteiger partial charge in [-0.2, -0.15) is 0 Å². The molecule has 0 saturated carbocycles. The van der Waals surface area contributed by atoms with Crippen molar-refractivity contribution in [3.8, 4) is 11.5 Å². The topological polar surface area (TPSA) is 77.8 Å². The highest BCUT2D eigenvalue weighted by Gasteiger charge is 2.36. The molecule has 1 aromatic heterocycles. The molecule has 1 aliphatic heterocycles. The molecule has 0 spiro atoms. The van der Waals surface area contributed by atoms with Gasteiger partial charge in [-0.3, -0.25) is 9.59 Å². The van der Waals surface area contributed by atoms with Crippen LogP contribution >= 0.6 is 11.6 Å². The third-order valence-corrected chi connectivity index (χ3v) is 5.42. The predicted octanol–water partition coefficient (Wildman–Crippen LogP) is 4.86. The predicted molar refractivity (Wildman–Crippen MR) is 115 cm³/mol. The van der Waals surface area contributed by atoms with E-state index in [1.807, 2.05) is 6.07 Å². The number of unbranched alkanes of at least 4 members (excludes halogenated alkanes) is 2. The smallest absolute Gasteiger partial charge is 0.288 e. The van der Waals surface area contributed by atoms with Crippen LogP contribution in [0.1, 0.15) is 53.9 Å². The van der Waals surface area contributed by atoms with Gasteiger partial charge >= 0.3 is 0 Å². The zero-order chi connectivity index (χ0) is 21.3. The Kier molecular flexibility index (Phi) is 5.68. The fourth-order valence-corrected chi connectivity index (χ4v) is 3.82. The normalized spacial score (nSPS) is 15.2. The minimum atomic E-state index is -0.643. The maximum absolute atomic E-state index is 13.2. The zero-order valence-electron chi connectivity index (χ0n) is 16.8. The van der Waals surface area contributed by atoms with Gasteiger partial charge in [0.25, 0.3) is 5.91 Å². The summed E-state index contributed by atoms with van der Waals surface area (Å²) in [6, 6.07) is 9.51. The van der Waals surface area contributed by atoms with E-state index in [0.29, 0.717) is 39.7 Å². The maximum Gasteiger partial charge on any atom is 0.288 e. The van der Waals surface area contributed by atoms with Crippen molar-refractivity contribution in [2.45, 2.75) is 32.2 Å². The maximum atomic E-state index is 13.2. The van der Waals surface area contributed by atoms with Crippen molar-refractivity contribution in [1.82, 2.24) is 5.32 Å². The van der Waals surface area contributed by atoms with Gasteiger partial charge in [-0.25, -0.2) is 0 Å². The number of carbonyl (C=O) groups excluding carboxylic acids is 1. The fraction of sp³-hybridized carbons (Fsp3) is 0.304. The van der Waals surface area contributed by atoms with Gasteiger partial charge in [-0.1, -0.05) is 37.4 Å². The van der Waals surface area contributed by atoms with E-state index in [-0.39, 0.29) is 16.8 Å². The van der Waals surface area contributed by atoms with Crippen molar-refractivity contribution >= 4 is 28.5 Å². The molecule has 7 heteroatoms. The molecule has 4 rings (SSSR count). The molecule has 0 bridgehead atoms. The van der Waals surface area contributed by atoms with Gasteiger partial charge in [-0.15, -0.1) is 0 Å². The van der Waals surface area contributed by atoms with E-state index in [9.17, 15) is 9.59 Å². The standard InChI is InChI=1S/C23H22ClNO5/c1-3-4-5-10-29-17-8-6-13(11-18(17)28-2)20-19-21(26)15-12-14(24)7-9-16(15)30-22(19)23(27)25-20/h6-9,11-12,20H,3-5,10H2,1-2H3,(H,25,27). The van der Waals surface area contributed by atoms with Crippen LogP contribution in [-0.2, 0) is 0 Å². The van der Waals surface area contributed by atoms with Crippen molar-refractivity contribution in [2.24, 2.45) is 0 Å². The molecule has 0 radical (unpaired) electrons. The van der Waals surface area contributed by atoms with Crippen LogP contribution in [0.25, 0.3) is 11.0 Å². The zero-order valence-corrected chi connectivity index (χ0v) is 17.5. The molecule has 2 heterocycles. The third kappa shape index (κ3) is 3.63. The van der Waals surface area contributed by atoms with E-state index < -0.39 is 11.9 Å². The number of hydrogen-bond acceptors (Lipinski definition) is 5. The first kappa shape index (κ1) is 20.3. The summed E-state index contributed by atoms with van der Waals surface area (Å²) in [5.41, 5.74) is 1.02. The summed E-state index contributed by atoms with van der Waals surface area (Å²) in [6.45, 7) is 2.74. The lowest BCUT2D eigenvalue weighted by Crippen LogP contribution is -2.22. The number of benzene rings is 2. The van der Waals surface area contributed by atoms with E-state index in [1.165, 1.54) is 0 Å². The number of rotatable bonds is 7. The van der Waals surface area contributed by atoms with Crippen LogP contribution in [0.2, 0.25) is 5.02 Å². The number of carbonyl (C=O) groups is 1. The van der Waals surface area contributed by atoms with Crippen molar-refractivity contribution in [1.29, 1.82) is 0 Å². The summed E-state index contributed by atoms with van der Waals surface area (Å²) >= 11 is 6.05. The second-order valence-electron chi connectivity index (χ2n) is 7.19. The summed E-state index contributed by atoms with van der Waals surface area (Å²) in [7, 11) is 1.56. The lowest BCUT2D eigenvalue weighted by atomic mass is 9.99. The number of ether oxygens (including phenoxy) is 2. The minimum Gasteiger partial charge on any atom is -0.493 e. The van der Waals surface area contributed by atoms with Gasteiger partial charge in [-0.05, 0) is 42.3 Å². The van der Waals surface area contributed by atoms with Crippen molar-refractivity contribution in [3.05, 3.63) is 68.5 Å². The SMILES string of the molecule is CCCCCOc1ccc(C2NC(=O)c3oc4ccc(Cl)cc4c(=O)c32)cc1OC. The van der Waals surface area contributed by atoms with Crippen LogP contribution in [0.4, 0.5) is 0 Å². The first-order valence-electron chi connectivity index (χ1n) is 9.91. The largest absolute Gasteiger partial charge is 0.493 e. The summed E-state index contributed by atoms with van der Waals surface area (Å²) in [5.74, 6) is 0.764. The molecule has 3 aromatic rings. The van der Waals surface area contributed by atoms with Crippen LogP contribution < -0.4 is 20.2 Å². The second-order valence-corrected chi connectivity index (χ2v) is 7.62. The number of hydrogen-bond donors (Lipinski definition) is 1. The van der Waals surface area contributed by atoms with E-state index in [2.05, 4.69) is 12.2 Å². The molecule has 156 valence electrons. The quantitative estimate of drug-likeness (QED) is 0.545. The van der Waals surface area contributed by atoms with Gasteiger partial charge in [0.2, 0.25) is 5.76 Å². The van der Waals surface area contributed by atoms with E-state index in [0.717, 1.165) is 19.3 Å². The van der Waals surface area contributed by atoms with Crippen molar-refractivity contribution < 1.29 is 18.7 Å². The Balaban J connectivity index is 1.73. The molecule has 2 aromatic carbocycles. The lowest BCUT2D eigenvalue weighted by Gasteiger charge is -2.16. The molecule has 6 nitrogen and oxygen atoms in total. The Morgan fingerprint density at radius 1 is 1.10 bits per heavy atom. The highest BCUT2D eigenvalue weighted by molar-refractivity contribution is 6.31. The molecule has 1 atom stereocenters. The first-order chi connectivity index (χ1) is 14.5. The van der Waals surface area contributed by atoms with Crippen LogP contribution in [0, 0.1) is 0 Å². The Bertz CT molecular complexity index is 1170. The molecule has 0 fully saturated rings. The van der Waals surface area contributed by atoms with E-state index in [1.54, 1.807) is 37.4 Å². The van der Waals surface area contributed by atoms with Gasteiger partial charge < -0.3 is 19.2 Å². The van der Waals surface area contributed by atoms with Crippen LogP contribution in [0.5, 0.6) is 11.5 Å². The minimum absolute atomic E-state index is 0.0266. The summed E-state index contributed by atoms with van der Waals surface area (Å²) in [5, 5.41) is 3.60. The number of methoxy groups -OCH3 is 1. The third-order valence-electron chi connectivity index (χ3n) is 5.18. The van der Waals surface area contributed by atoms with Crippen molar-refractivity contribution in [3.63, 3.8) is 0 Å². The van der Waals surface area contributed by atoms with Crippen LogP contribution in [0.3, 0.4) is 0 Å². The van der Waals surface area contributed by atoms with Crippen LogP contribution in [-0.4, -0.2) is 19.6 Å². The number of halogens is 1. The van der Waals surface area contributed by atoms with Gasteiger partial charge in [0.1, 0.15) is 5.58 Å². The highest BCUT2D eigenvalue weighted by atomic mass is 35.5. The van der Waals surface area contributed by atoms with Gasteiger partial charge in [0.05, 0.1) is 30.7 Å². The molecule has 1 amide bonds. The fourth-order valence-electron chi connectivity index (χ4n) is 3.65. The Labute approximate surface area is 178 Å². The molecular weight excluding hydrogens is 406 g/mol. The van der Waals surface area contributed by atoms with E-state index >= 15 is 0 Å².